The molecule has 0 spiro atoms. The number of halogens is 1. The van der Waals surface area contributed by atoms with Crippen molar-refractivity contribution in [2.45, 2.75) is 13.8 Å². The van der Waals surface area contributed by atoms with E-state index in [1.165, 1.54) is 11.3 Å². The lowest BCUT2D eigenvalue weighted by Crippen LogP contribution is -2.14. The predicted octanol–water partition coefficient (Wildman–Crippen LogP) is 3.42. The van der Waals surface area contributed by atoms with Crippen molar-refractivity contribution in [3.63, 3.8) is 0 Å². The molecule has 0 radical (unpaired) electrons. The van der Waals surface area contributed by atoms with E-state index in [4.69, 9.17) is 5.73 Å². The van der Waals surface area contributed by atoms with Crippen LogP contribution in [0.4, 0.5) is 16.6 Å². The van der Waals surface area contributed by atoms with Gasteiger partial charge in [0.15, 0.2) is 5.13 Å². The maximum Gasteiger partial charge on any atom is 0.269 e. The summed E-state index contributed by atoms with van der Waals surface area (Å²) in [5.74, 6) is 0.0280. The molecule has 3 N–H and O–H groups in total. The van der Waals surface area contributed by atoms with Crippen LogP contribution in [0.1, 0.15) is 20.8 Å². The maximum atomic E-state index is 12.4. The fourth-order valence-electron chi connectivity index (χ4n) is 1.95. The molecule has 5 nitrogen and oxygen atoms in total. The topological polar surface area (TPSA) is 71.2 Å². The van der Waals surface area contributed by atoms with Gasteiger partial charge in [-0.3, -0.25) is 4.79 Å². The number of nitrogens with zero attached hydrogens (tertiary/aromatic N) is 2. The molecule has 0 unspecified atom stereocenters. The number of benzene rings is 1. The average molecular weight is 369 g/mol. The van der Waals surface area contributed by atoms with E-state index in [0.717, 1.165) is 21.3 Å². The number of rotatable bonds is 3. The number of nitrogen functional groups attached to an aromatic ring is 1. The molecule has 2 aromatic rings. The van der Waals surface area contributed by atoms with Crippen molar-refractivity contribution in [1.29, 1.82) is 0 Å². The lowest BCUT2D eigenvalue weighted by Gasteiger charge is -2.11. The Kier molecular flexibility index (Phi) is 4.53. The van der Waals surface area contributed by atoms with Crippen LogP contribution in [0.5, 0.6) is 0 Å². The zero-order valence-electron chi connectivity index (χ0n) is 12.3. The van der Waals surface area contributed by atoms with Crippen molar-refractivity contribution in [2.75, 3.05) is 30.0 Å². The molecule has 0 aliphatic rings. The number of hydrogen-bond donors (Lipinski definition) is 2. The van der Waals surface area contributed by atoms with Crippen LogP contribution in [0.15, 0.2) is 16.6 Å². The van der Waals surface area contributed by atoms with Crippen molar-refractivity contribution in [3.05, 3.63) is 32.6 Å². The van der Waals surface area contributed by atoms with E-state index in [1.807, 2.05) is 45.0 Å². The van der Waals surface area contributed by atoms with E-state index >= 15 is 0 Å². The van der Waals surface area contributed by atoms with Gasteiger partial charge in [-0.05, 0) is 37.1 Å². The summed E-state index contributed by atoms with van der Waals surface area (Å²) >= 11 is 4.72. The Morgan fingerprint density at radius 1 is 1.33 bits per heavy atom. The van der Waals surface area contributed by atoms with Gasteiger partial charge in [0.1, 0.15) is 10.7 Å². The van der Waals surface area contributed by atoms with Crippen molar-refractivity contribution in [1.82, 2.24) is 4.98 Å². The number of aryl methyl sites for hydroxylation is 2. The molecule has 0 aliphatic carbocycles. The van der Waals surface area contributed by atoms with Gasteiger partial charge in [0.25, 0.3) is 5.91 Å². The average Bonchev–Trinajstić information content (AvgIpc) is 2.76. The summed E-state index contributed by atoms with van der Waals surface area (Å²) in [6.45, 7) is 3.91. The fourth-order valence-corrected chi connectivity index (χ4v) is 3.44. The molecule has 0 bridgehead atoms. The summed E-state index contributed by atoms with van der Waals surface area (Å²) < 4.78 is 0.989. The van der Waals surface area contributed by atoms with Crippen LogP contribution in [0, 0.1) is 13.8 Å². The first-order valence-corrected chi connectivity index (χ1v) is 7.92. The highest BCUT2D eigenvalue weighted by Crippen LogP contribution is 2.30. The third kappa shape index (κ3) is 3.36. The quantitative estimate of drug-likeness (QED) is 0.870. The van der Waals surface area contributed by atoms with Gasteiger partial charge < -0.3 is 16.0 Å². The second-order valence-electron chi connectivity index (χ2n) is 4.97. The van der Waals surface area contributed by atoms with Crippen LogP contribution in [0.3, 0.4) is 0 Å². The molecular formula is C14H17BrN4OS. The second kappa shape index (κ2) is 6.03. The molecular weight excluding hydrogens is 352 g/mol. The summed E-state index contributed by atoms with van der Waals surface area (Å²) in [5, 5.41) is 3.64. The molecule has 1 heterocycles. The third-order valence-corrected chi connectivity index (χ3v) is 4.66. The third-order valence-electron chi connectivity index (χ3n) is 2.97. The van der Waals surface area contributed by atoms with Crippen molar-refractivity contribution < 1.29 is 4.79 Å². The summed E-state index contributed by atoms with van der Waals surface area (Å²) in [4.78, 5) is 18.9. The summed E-state index contributed by atoms with van der Waals surface area (Å²) in [7, 11) is 3.73. The first kappa shape index (κ1) is 15.8. The monoisotopic (exact) mass is 368 g/mol. The maximum absolute atomic E-state index is 12.4. The Hall–Kier alpha value is -1.60. The van der Waals surface area contributed by atoms with Crippen LogP contribution >= 0.6 is 27.3 Å². The smallest absolute Gasteiger partial charge is 0.269 e. The number of carbonyl (C=O) groups excluding carboxylic acids is 1. The Morgan fingerprint density at radius 2 is 1.90 bits per heavy atom. The number of amides is 1. The van der Waals surface area contributed by atoms with E-state index in [1.54, 1.807) is 0 Å². The zero-order chi connectivity index (χ0) is 15.7. The van der Waals surface area contributed by atoms with E-state index < -0.39 is 0 Å². The highest BCUT2D eigenvalue weighted by molar-refractivity contribution is 9.10. The van der Waals surface area contributed by atoms with E-state index in [9.17, 15) is 4.79 Å². The molecule has 1 aromatic heterocycles. The van der Waals surface area contributed by atoms with Gasteiger partial charge in [-0.25, -0.2) is 4.98 Å². The van der Waals surface area contributed by atoms with Crippen LogP contribution in [0.25, 0.3) is 0 Å². The molecule has 0 saturated heterocycles. The van der Waals surface area contributed by atoms with Crippen molar-refractivity contribution >= 4 is 49.8 Å². The number of carbonyl (C=O) groups is 1. The number of aromatic nitrogens is 1. The van der Waals surface area contributed by atoms with Gasteiger partial charge in [-0.15, -0.1) is 0 Å². The zero-order valence-corrected chi connectivity index (χ0v) is 14.7. The van der Waals surface area contributed by atoms with Gasteiger partial charge in [0.05, 0.1) is 0 Å². The lowest BCUT2D eigenvalue weighted by molar-refractivity contribution is 0.103. The minimum Gasteiger partial charge on any atom is -0.382 e. The standard InChI is InChI=1S/C14H17BrN4OS/c1-7-5-9(15)6-8(2)10(7)17-13(20)11-12(16)18-14(21-11)19(3)4/h5-6H,16H2,1-4H3,(H,17,20). The molecule has 0 saturated carbocycles. The van der Waals surface area contributed by atoms with Gasteiger partial charge in [0.2, 0.25) is 0 Å². The Labute approximate surface area is 136 Å². The highest BCUT2D eigenvalue weighted by Gasteiger charge is 2.18. The first-order chi connectivity index (χ1) is 9.79. The van der Waals surface area contributed by atoms with Crippen LogP contribution in [-0.4, -0.2) is 25.0 Å². The molecule has 2 rings (SSSR count). The molecule has 0 fully saturated rings. The van der Waals surface area contributed by atoms with E-state index in [2.05, 4.69) is 26.2 Å². The summed E-state index contributed by atoms with van der Waals surface area (Å²) in [6.07, 6.45) is 0. The molecule has 1 aromatic carbocycles. The first-order valence-electron chi connectivity index (χ1n) is 6.31. The molecule has 0 aliphatic heterocycles. The predicted molar refractivity (Wildman–Crippen MR) is 92.4 cm³/mol. The van der Waals surface area contributed by atoms with E-state index in [-0.39, 0.29) is 11.7 Å². The van der Waals surface area contributed by atoms with Gasteiger partial charge in [0, 0.05) is 24.3 Å². The van der Waals surface area contributed by atoms with E-state index in [0.29, 0.717) is 10.0 Å². The Balaban J connectivity index is 2.30. The molecule has 112 valence electrons. The van der Waals surface area contributed by atoms with Crippen LogP contribution in [-0.2, 0) is 0 Å². The van der Waals surface area contributed by atoms with Crippen LogP contribution in [0.2, 0.25) is 0 Å². The molecule has 21 heavy (non-hydrogen) atoms. The van der Waals surface area contributed by atoms with Gasteiger partial charge in [-0.1, -0.05) is 27.3 Å². The number of nitrogens with one attached hydrogen (secondary N) is 1. The highest BCUT2D eigenvalue weighted by atomic mass is 79.9. The normalized spacial score (nSPS) is 10.5. The second-order valence-corrected chi connectivity index (χ2v) is 6.87. The molecule has 7 heteroatoms. The van der Waals surface area contributed by atoms with Gasteiger partial charge >= 0.3 is 0 Å². The largest absolute Gasteiger partial charge is 0.382 e. The lowest BCUT2D eigenvalue weighted by atomic mass is 10.1. The van der Waals surface area contributed by atoms with Crippen molar-refractivity contribution in [2.24, 2.45) is 0 Å². The fraction of sp³-hybridized carbons (Fsp3) is 0.286. The number of nitrogens with two attached hydrogens (primary N) is 1. The van der Waals surface area contributed by atoms with Gasteiger partial charge in [-0.2, -0.15) is 0 Å². The van der Waals surface area contributed by atoms with Crippen LogP contribution < -0.4 is 16.0 Å². The SMILES string of the molecule is Cc1cc(Br)cc(C)c1NC(=O)c1sc(N(C)C)nc1N. The van der Waals surface area contributed by atoms with Crippen molar-refractivity contribution in [3.8, 4) is 0 Å². The Bertz CT molecular complexity index is 673. The number of hydrogen-bond acceptors (Lipinski definition) is 5. The minimum absolute atomic E-state index is 0.230. The number of thiazole rings is 1. The molecule has 1 amide bonds. The summed E-state index contributed by atoms with van der Waals surface area (Å²) in [5.41, 5.74) is 8.63. The Morgan fingerprint density at radius 3 is 2.38 bits per heavy atom. The number of anilines is 3. The minimum atomic E-state index is -0.230. The molecule has 0 atom stereocenters. The summed E-state index contributed by atoms with van der Waals surface area (Å²) in [6, 6.07) is 3.92.